The molecule has 0 aliphatic carbocycles. The molecule has 3 heteroatoms. The maximum Gasteiger partial charge on any atom is 0.152 e. The van der Waals surface area contributed by atoms with E-state index in [0.717, 1.165) is 19.6 Å². The minimum Gasteiger partial charge on any atom is -0.385 e. The Morgan fingerprint density at radius 2 is 1.93 bits per heavy atom. The highest BCUT2D eigenvalue weighted by molar-refractivity contribution is 5.85. The average molecular weight is 201 g/mol. The van der Waals surface area contributed by atoms with Crippen molar-refractivity contribution in [3.63, 3.8) is 0 Å². The van der Waals surface area contributed by atoms with Gasteiger partial charge in [0.15, 0.2) is 5.78 Å². The van der Waals surface area contributed by atoms with Gasteiger partial charge < -0.3 is 4.74 Å². The van der Waals surface area contributed by atoms with Crippen LogP contribution in [-0.4, -0.2) is 44.5 Å². The van der Waals surface area contributed by atoms with Crippen molar-refractivity contribution < 1.29 is 9.53 Å². The molecule has 0 aromatic rings. The zero-order valence-electron chi connectivity index (χ0n) is 10.1. The molecule has 14 heavy (non-hydrogen) atoms. The van der Waals surface area contributed by atoms with E-state index in [4.69, 9.17) is 4.74 Å². The summed E-state index contributed by atoms with van der Waals surface area (Å²) in [7, 11) is 3.67. The molecule has 3 nitrogen and oxygen atoms in total. The Labute approximate surface area is 87.4 Å². The van der Waals surface area contributed by atoms with Crippen LogP contribution in [0.1, 0.15) is 27.2 Å². The number of nitrogens with zero attached hydrogens (tertiary/aromatic N) is 1. The molecule has 0 spiro atoms. The molecule has 0 radical (unpaired) electrons. The van der Waals surface area contributed by atoms with Crippen LogP contribution >= 0.6 is 0 Å². The lowest BCUT2D eigenvalue weighted by Gasteiger charge is -2.22. The first kappa shape index (κ1) is 13.6. The van der Waals surface area contributed by atoms with Crippen molar-refractivity contribution in [3.8, 4) is 0 Å². The first-order valence-electron chi connectivity index (χ1n) is 5.08. The smallest absolute Gasteiger partial charge is 0.152 e. The van der Waals surface area contributed by atoms with Gasteiger partial charge in [-0.05, 0) is 13.5 Å². The third-order valence-corrected chi connectivity index (χ3v) is 2.14. The molecule has 0 aromatic heterocycles. The normalized spacial score (nSPS) is 12.1. The van der Waals surface area contributed by atoms with Gasteiger partial charge in [-0.1, -0.05) is 20.8 Å². The summed E-state index contributed by atoms with van der Waals surface area (Å²) in [4.78, 5) is 13.7. The van der Waals surface area contributed by atoms with Crippen LogP contribution in [-0.2, 0) is 9.53 Å². The number of methoxy groups -OCH3 is 1. The van der Waals surface area contributed by atoms with Gasteiger partial charge in [-0.2, -0.15) is 0 Å². The van der Waals surface area contributed by atoms with Crippen LogP contribution in [0.3, 0.4) is 0 Å². The number of carbonyl (C=O) groups excluding carboxylic acids is 1. The standard InChI is InChI=1S/C11H23NO2/c1-11(2,3)10(13)9-12(4)7-6-8-14-5/h6-9H2,1-5H3. The number of ketones is 1. The highest BCUT2D eigenvalue weighted by Gasteiger charge is 2.21. The lowest BCUT2D eigenvalue weighted by Crippen LogP contribution is -2.34. The van der Waals surface area contributed by atoms with Crippen molar-refractivity contribution in [1.82, 2.24) is 4.90 Å². The van der Waals surface area contributed by atoms with Gasteiger partial charge in [0.1, 0.15) is 0 Å². The molecule has 0 amide bonds. The van der Waals surface area contributed by atoms with Gasteiger partial charge in [-0.25, -0.2) is 0 Å². The molecule has 0 aromatic carbocycles. The van der Waals surface area contributed by atoms with Crippen LogP contribution in [0.2, 0.25) is 0 Å². The van der Waals surface area contributed by atoms with E-state index in [-0.39, 0.29) is 11.2 Å². The molecule has 0 heterocycles. The molecule has 0 aliphatic rings. The third kappa shape index (κ3) is 6.11. The predicted molar refractivity (Wildman–Crippen MR) is 58.5 cm³/mol. The van der Waals surface area contributed by atoms with Gasteiger partial charge in [-0.15, -0.1) is 0 Å². The quantitative estimate of drug-likeness (QED) is 0.611. The van der Waals surface area contributed by atoms with Crippen molar-refractivity contribution >= 4 is 5.78 Å². The van der Waals surface area contributed by atoms with E-state index in [1.165, 1.54) is 0 Å². The van der Waals surface area contributed by atoms with Gasteiger partial charge in [0.05, 0.1) is 6.54 Å². The fourth-order valence-electron chi connectivity index (χ4n) is 1.04. The van der Waals surface area contributed by atoms with E-state index in [1.807, 2.05) is 32.7 Å². The lowest BCUT2D eigenvalue weighted by molar-refractivity contribution is -0.127. The number of likely N-dealkylation sites (N-methyl/N-ethyl adjacent to an activating group) is 1. The van der Waals surface area contributed by atoms with Crippen molar-refractivity contribution in [2.75, 3.05) is 33.9 Å². The van der Waals surface area contributed by atoms with Crippen LogP contribution in [0.25, 0.3) is 0 Å². The number of carbonyl (C=O) groups is 1. The average Bonchev–Trinajstić information content (AvgIpc) is 2.03. The topological polar surface area (TPSA) is 29.5 Å². The van der Waals surface area contributed by atoms with E-state index < -0.39 is 0 Å². The van der Waals surface area contributed by atoms with Crippen LogP contribution in [0.15, 0.2) is 0 Å². The summed E-state index contributed by atoms with van der Waals surface area (Å²) in [5, 5.41) is 0. The summed E-state index contributed by atoms with van der Waals surface area (Å²) in [5.74, 6) is 0.289. The first-order chi connectivity index (χ1) is 6.38. The molecule has 0 rings (SSSR count). The fourth-order valence-corrected chi connectivity index (χ4v) is 1.04. The molecule has 0 fully saturated rings. The van der Waals surface area contributed by atoms with Crippen molar-refractivity contribution in [1.29, 1.82) is 0 Å². The van der Waals surface area contributed by atoms with E-state index >= 15 is 0 Å². The zero-order chi connectivity index (χ0) is 11.2. The van der Waals surface area contributed by atoms with Crippen LogP contribution in [0.5, 0.6) is 0 Å². The van der Waals surface area contributed by atoms with Gasteiger partial charge in [-0.3, -0.25) is 9.69 Å². The Morgan fingerprint density at radius 1 is 1.36 bits per heavy atom. The van der Waals surface area contributed by atoms with Crippen molar-refractivity contribution in [3.05, 3.63) is 0 Å². The highest BCUT2D eigenvalue weighted by atomic mass is 16.5. The summed E-state index contributed by atoms with van der Waals surface area (Å²) in [5.41, 5.74) is -0.227. The Bertz CT molecular complexity index is 173. The molecule has 0 bridgehead atoms. The Balaban J connectivity index is 3.72. The summed E-state index contributed by atoms with van der Waals surface area (Å²) < 4.78 is 4.95. The van der Waals surface area contributed by atoms with Crippen LogP contribution in [0.4, 0.5) is 0 Å². The molecule has 0 atom stereocenters. The monoisotopic (exact) mass is 201 g/mol. The molecule has 0 aliphatic heterocycles. The predicted octanol–water partition coefficient (Wildman–Crippen LogP) is 1.57. The van der Waals surface area contributed by atoms with E-state index in [9.17, 15) is 4.79 Å². The van der Waals surface area contributed by atoms with Gasteiger partial charge >= 0.3 is 0 Å². The Morgan fingerprint density at radius 3 is 2.36 bits per heavy atom. The molecule has 0 saturated carbocycles. The number of rotatable bonds is 6. The number of ether oxygens (including phenoxy) is 1. The van der Waals surface area contributed by atoms with Gasteiger partial charge in [0.25, 0.3) is 0 Å². The fraction of sp³-hybridized carbons (Fsp3) is 0.909. The largest absolute Gasteiger partial charge is 0.385 e. The van der Waals surface area contributed by atoms with E-state index in [1.54, 1.807) is 7.11 Å². The zero-order valence-corrected chi connectivity index (χ0v) is 10.1. The van der Waals surface area contributed by atoms with Crippen LogP contribution in [0, 0.1) is 5.41 Å². The maximum atomic E-state index is 11.6. The Kier molecular flexibility index (Phi) is 5.96. The highest BCUT2D eigenvalue weighted by Crippen LogP contribution is 2.14. The van der Waals surface area contributed by atoms with Crippen LogP contribution < -0.4 is 0 Å². The minimum atomic E-state index is -0.227. The molecular formula is C11H23NO2. The summed E-state index contributed by atoms with van der Waals surface area (Å²) in [6.45, 7) is 8.08. The second-order valence-electron chi connectivity index (χ2n) is 4.76. The Hall–Kier alpha value is -0.410. The van der Waals surface area contributed by atoms with Gasteiger partial charge in [0, 0.05) is 25.7 Å². The molecule has 84 valence electrons. The first-order valence-corrected chi connectivity index (χ1v) is 5.08. The third-order valence-electron chi connectivity index (χ3n) is 2.14. The number of hydrogen-bond acceptors (Lipinski definition) is 3. The summed E-state index contributed by atoms with van der Waals surface area (Å²) in [6, 6.07) is 0. The molecular weight excluding hydrogens is 178 g/mol. The molecule has 0 unspecified atom stereocenters. The number of hydrogen-bond donors (Lipinski definition) is 0. The van der Waals surface area contributed by atoms with E-state index in [0.29, 0.717) is 6.54 Å². The number of Topliss-reactive ketones (excluding diaryl/α,β-unsaturated/α-hetero) is 1. The molecule has 0 N–H and O–H groups in total. The lowest BCUT2D eigenvalue weighted by atomic mass is 9.90. The van der Waals surface area contributed by atoms with Crippen molar-refractivity contribution in [2.45, 2.75) is 27.2 Å². The van der Waals surface area contributed by atoms with Gasteiger partial charge in [0.2, 0.25) is 0 Å². The minimum absolute atomic E-state index is 0.227. The summed E-state index contributed by atoms with van der Waals surface area (Å²) in [6.07, 6.45) is 0.977. The van der Waals surface area contributed by atoms with Crippen molar-refractivity contribution in [2.24, 2.45) is 5.41 Å². The van der Waals surface area contributed by atoms with E-state index in [2.05, 4.69) is 0 Å². The SMILES string of the molecule is COCCCN(C)CC(=O)C(C)(C)C. The molecule has 0 saturated heterocycles. The summed E-state index contributed by atoms with van der Waals surface area (Å²) >= 11 is 0. The second kappa shape index (κ2) is 6.14. The maximum absolute atomic E-state index is 11.6. The second-order valence-corrected chi connectivity index (χ2v) is 4.76.